The van der Waals surface area contributed by atoms with Gasteiger partial charge in [-0.2, -0.15) is 13.2 Å². The Labute approximate surface area is 199 Å². The number of nitrogens with zero attached hydrogens (tertiary/aromatic N) is 3. The fourth-order valence-corrected chi connectivity index (χ4v) is 3.18. The molecule has 1 aromatic carbocycles. The van der Waals surface area contributed by atoms with Gasteiger partial charge in [0.2, 0.25) is 0 Å². The topological polar surface area (TPSA) is 109 Å². The number of pyridine rings is 1. The molecule has 3 rings (SSSR count). The summed E-state index contributed by atoms with van der Waals surface area (Å²) in [6.07, 6.45) is -4.09. The summed E-state index contributed by atoms with van der Waals surface area (Å²) in [5, 5.41) is -0.755. The van der Waals surface area contributed by atoms with Gasteiger partial charge in [0.1, 0.15) is 29.9 Å². The molecule has 2 aromatic heterocycles. The van der Waals surface area contributed by atoms with E-state index in [1.165, 1.54) is 13.1 Å². The van der Waals surface area contributed by atoms with E-state index in [0.717, 1.165) is 16.7 Å². The number of anilines is 1. The van der Waals surface area contributed by atoms with Crippen LogP contribution in [-0.4, -0.2) is 26.7 Å². The Morgan fingerprint density at radius 3 is 2.46 bits per heavy atom. The predicted molar refractivity (Wildman–Crippen MR) is 113 cm³/mol. The molecule has 0 unspecified atom stereocenters. The maximum Gasteiger partial charge on any atom is 0.491 e. The number of carbonyl (C=O) groups is 1. The molecule has 0 saturated heterocycles. The van der Waals surface area contributed by atoms with E-state index in [2.05, 4.69) is 14.7 Å². The van der Waals surface area contributed by atoms with Crippen molar-refractivity contribution in [2.75, 3.05) is 5.73 Å². The number of carbonyl (C=O) groups excluding carboxylic acids is 1. The number of nitrogen functional groups attached to an aromatic ring is 1. The van der Waals surface area contributed by atoms with Crippen molar-refractivity contribution in [2.24, 2.45) is 0 Å². The summed E-state index contributed by atoms with van der Waals surface area (Å²) in [6, 6.07) is 2.50. The van der Waals surface area contributed by atoms with Crippen molar-refractivity contribution in [2.45, 2.75) is 33.2 Å². The molecule has 0 aliphatic heterocycles. The molecule has 0 saturated carbocycles. The van der Waals surface area contributed by atoms with Crippen LogP contribution < -0.4 is 20.8 Å². The minimum Gasteiger partial charge on any atom is -0.483 e. The summed E-state index contributed by atoms with van der Waals surface area (Å²) in [4.78, 5) is 32.4. The molecular formula is C21H16ClF5N4O4. The lowest BCUT2D eigenvalue weighted by molar-refractivity contribution is -0.189. The lowest BCUT2D eigenvalue weighted by Gasteiger charge is -2.20. The normalized spacial score (nSPS) is 11.4. The third-order valence-corrected chi connectivity index (χ3v) is 5.07. The van der Waals surface area contributed by atoms with Crippen LogP contribution in [0.2, 0.25) is 5.02 Å². The maximum atomic E-state index is 14.0. The molecule has 2 N–H and O–H groups in total. The van der Waals surface area contributed by atoms with E-state index < -0.39 is 52.5 Å². The van der Waals surface area contributed by atoms with Gasteiger partial charge in [0.25, 0.3) is 5.56 Å². The maximum absolute atomic E-state index is 14.0. The number of aromatic nitrogens is 3. The summed E-state index contributed by atoms with van der Waals surface area (Å²) in [5.41, 5.74) is 4.63. The SMILES string of the molecule is Cc1ncc(Cn2c(C)c(OC(=O)C(F)(F)F)c(OCc3ccc(F)cc3F)c(Cl)c2=O)c(N)n1. The Hall–Kier alpha value is -3.74. The molecule has 186 valence electrons. The highest BCUT2D eigenvalue weighted by molar-refractivity contribution is 6.32. The van der Waals surface area contributed by atoms with E-state index in [1.807, 2.05) is 0 Å². The molecule has 0 aliphatic carbocycles. The molecule has 35 heavy (non-hydrogen) atoms. The van der Waals surface area contributed by atoms with Crippen molar-refractivity contribution in [1.29, 1.82) is 0 Å². The van der Waals surface area contributed by atoms with E-state index in [9.17, 15) is 31.5 Å². The first-order chi connectivity index (χ1) is 16.3. The van der Waals surface area contributed by atoms with Gasteiger partial charge in [-0.1, -0.05) is 11.6 Å². The second-order valence-electron chi connectivity index (χ2n) is 7.19. The second kappa shape index (κ2) is 9.86. The molecule has 2 heterocycles. The van der Waals surface area contributed by atoms with Crippen LogP contribution in [0.3, 0.4) is 0 Å². The number of benzene rings is 1. The fourth-order valence-electron chi connectivity index (χ4n) is 2.94. The van der Waals surface area contributed by atoms with E-state index in [-0.39, 0.29) is 29.2 Å². The first kappa shape index (κ1) is 25.9. The van der Waals surface area contributed by atoms with Crippen LogP contribution in [0, 0.1) is 25.5 Å². The molecule has 0 aliphatic rings. The van der Waals surface area contributed by atoms with Gasteiger partial charge >= 0.3 is 12.1 Å². The number of alkyl halides is 3. The van der Waals surface area contributed by atoms with Crippen LogP contribution in [0.25, 0.3) is 0 Å². The number of nitrogens with two attached hydrogens (primary N) is 1. The quantitative estimate of drug-likeness (QED) is 0.390. The minimum absolute atomic E-state index is 0.000806. The van der Waals surface area contributed by atoms with Gasteiger partial charge < -0.3 is 19.8 Å². The first-order valence-electron chi connectivity index (χ1n) is 9.66. The average Bonchev–Trinajstić information content (AvgIpc) is 2.76. The minimum atomic E-state index is -5.39. The molecule has 14 heteroatoms. The third-order valence-electron chi connectivity index (χ3n) is 4.73. The number of ether oxygens (including phenoxy) is 2. The van der Waals surface area contributed by atoms with Crippen molar-refractivity contribution >= 4 is 23.4 Å². The first-order valence-corrected chi connectivity index (χ1v) is 10.0. The van der Waals surface area contributed by atoms with Crippen LogP contribution in [-0.2, 0) is 17.9 Å². The lowest BCUT2D eigenvalue weighted by atomic mass is 10.2. The zero-order valence-electron chi connectivity index (χ0n) is 18.0. The number of hydrogen-bond acceptors (Lipinski definition) is 7. The third kappa shape index (κ3) is 5.67. The van der Waals surface area contributed by atoms with Crippen LogP contribution in [0.4, 0.5) is 27.8 Å². The Bertz CT molecular complexity index is 1360. The fraction of sp³-hybridized carbons (Fsp3) is 0.238. The van der Waals surface area contributed by atoms with Crippen molar-refractivity contribution in [3.05, 3.63) is 74.1 Å². The molecule has 0 spiro atoms. The lowest BCUT2D eigenvalue weighted by Crippen LogP contribution is -2.31. The summed E-state index contributed by atoms with van der Waals surface area (Å²) in [7, 11) is 0. The molecule has 0 fully saturated rings. The Kier molecular flexibility index (Phi) is 7.29. The molecule has 0 radical (unpaired) electrons. The van der Waals surface area contributed by atoms with E-state index in [0.29, 0.717) is 11.9 Å². The standard InChI is InChI=1S/C21H16ClF5N4O4/c1-9-16(35-20(33)21(25,26)27)17(34-8-11-3-4-13(23)5-14(11)24)15(22)19(32)31(9)7-12-6-29-10(2)30-18(12)28/h3-6H,7-8H2,1-2H3,(H2,28,29,30). The van der Waals surface area contributed by atoms with Crippen molar-refractivity contribution in [1.82, 2.24) is 14.5 Å². The highest BCUT2D eigenvalue weighted by atomic mass is 35.5. The van der Waals surface area contributed by atoms with Gasteiger partial charge in [0.05, 0.1) is 12.2 Å². The zero-order chi connectivity index (χ0) is 26.1. The summed E-state index contributed by atoms with van der Waals surface area (Å²) in [5.74, 6) is -5.73. The van der Waals surface area contributed by atoms with Crippen molar-refractivity contribution in [3.63, 3.8) is 0 Å². The second-order valence-corrected chi connectivity index (χ2v) is 7.57. The van der Waals surface area contributed by atoms with Crippen LogP contribution in [0.15, 0.2) is 29.2 Å². The highest BCUT2D eigenvalue weighted by Gasteiger charge is 2.42. The van der Waals surface area contributed by atoms with E-state index in [4.69, 9.17) is 22.1 Å². The Morgan fingerprint density at radius 1 is 1.17 bits per heavy atom. The molecule has 8 nitrogen and oxygen atoms in total. The summed E-state index contributed by atoms with van der Waals surface area (Å²) in [6.45, 7) is 1.73. The average molecular weight is 519 g/mol. The van der Waals surface area contributed by atoms with Crippen LogP contribution in [0.1, 0.15) is 22.6 Å². The van der Waals surface area contributed by atoms with Crippen LogP contribution >= 0.6 is 11.6 Å². The number of hydrogen-bond donors (Lipinski definition) is 1. The largest absolute Gasteiger partial charge is 0.491 e. The van der Waals surface area contributed by atoms with E-state index in [1.54, 1.807) is 6.92 Å². The van der Waals surface area contributed by atoms with Crippen molar-refractivity contribution in [3.8, 4) is 11.5 Å². The number of rotatable bonds is 6. The van der Waals surface area contributed by atoms with Gasteiger partial charge in [-0.15, -0.1) is 0 Å². The zero-order valence-corrected chi connectivity index (χ0v) is 18.8. The monoisotopic (exact) mass is 518 g/mol. The number of aryl methyl sites for hydroxylation is 1. The van der Waals surface area contributed by atoms with Gasteiger partial charge in [0.15, 0.2) is 16.5 Å². The molecule has 0 atom stereocenters. The molecule has 0 bridgehead atoms. The number of halogens is 6. The molecule has 0 amide bonds. The Balaban J connectivity index is 2.10. The smallest absolute Gasteiger partial charge is 0.483 e. The van der Waals surface area contributed by atoms with Gasteiger partial charge in [-0.25, -0.2) is 23.5 Å². The Morgan fingerprint density at radius 2 is 1.86 bits per heavy atom. The summed E-state index contributed by atoms with van der Waals surface area (Å²) < 4.78 is 76.6. The predicted octanol–water partition coefficient (Wildman–Crippen LogP) is 3.86. The van der Waals surface area contributed by atoms with Gasteiger partial charge in [-0.3, -0.25) is 4.79 Å². The number of esters is 1. The van der Waals surface area contributed by atoms with Crippen molar-refractivity contribution < 1.29 is 36.2 Å². The summed E-state index contributed by atoms with van der Waals surface area (Å²) >= 11 is 6.09. The van der Waals surface area contributed by atoms with Gasteiger partial charge in [-0.05, 0) is 26.0 Å². The molecule has 3 aromatic rings. The molecular weight excluding hydrogens is 503 g/mol. The van der Waals surface area contributed by atoms with E-state index >= 15 is 0 Å². The highest BCUT2D eigenvalue weighted by Crippen LogP contribution is 2.38. The van der Waals surface area contributed by atoms with Gasteiger partial charge in [0, 0.05) is 23.4 Å². The van der Waals surface area contributed by atoms with Crippen LogP contribution in [0.5, 0.6) is 11.5 Å².